The van der Waals surface area contributed by atoms with Crippen LogP contribution in [0.5, 0.6) is 0 Å². The smallest absolute Gasteiger partial charge is 0.328 e. The van der Waals surface area contributed by atoms with Crippen molar-refractivity contribution in [3.63, 3.8) is 0 Å². The van der Waals surface area contributed by atoms with E-state index in [0.717, 1.165) is 0 Å². The third kappa shape index (κ3) is 3.21. The summed E-state index contributed by atoms with van der Waals surface area (Å²) >= 11 is 0. The highest BCUT2D eigenvalue weighted by Gasteiger charge is 2.15. The molecule has 0 saturated carbocycles. The average molecular weight is 330 g/mol. The molecule has 8 heteroatoms. The van der Waals surface area contributed by atoms with Gasteiger partial charge in [0.2, 0.25) is 0 Å². The summed E-state index contributed by atoms with van der Waals surface area (Å²) in [5.41, 5.74) is -0.486. The van der Waals surface area contributed by atoms with E-state index in [1.807, 2.05) is 4.90 Å². The van der Waals surface area contributed by atoms with E-state index in [4.69, 9.17) is 10.00 Å². The van der Waals surface area contributed by atoms with Gasteiger partial charge in [0.25, 0.3) is 5.56 Å². The molecule has 7 nitrogen and oxygen atoms in total. The highest BCUT2D eigenvalue weighted by molar-refractivity contribution is 5.49. The zero-order chi connectivity index (χ0) is 17.1. The molecule has 0 spiro atoms. The van der Waals surface area contributed by atoms with E-state index < -0.39 is 11.2 Å². The molecule has 1 fully saturated rings. The first-order valence-corrected chi connectivity index (χ1v) is 7.43. The topological polar surface area (TPSA) is 91.1 Å². The second-order valence-corrected chi connectivity index (χ2v) is 5.43. The highest BCUT2D eigenvalue weighted by atomic mass is 19.1. The molecule has 0 bridgehead atoms. The molecule has 1 aliphatic rings. The van der Waals surface area contributed by atoms with Crippen LogP contribution in [0.4, 0.5) is 10.1 Å². The molecule has 2 aromatic rings. The van der Waals surface area contributed by atoms with Gasteiger partial charge in [0.1, 0.15) is 17.4 Å². The summed E-state index contributed by atoms with van der Waals surface area (Å²) < 4.78 is 20.8. The fraction of sp³-hybridized carbons (Fsp3) is 0.312. The Kier molecular flexibility index (Phi) is 4.44. The Hall–Kier alpha value is -2.92. The maximum Gasteiger partial charge on any atom is 0.328 e. The van der Waals surface area contributed by atoms with E-state index in [1.54, 1.807) is 18.2 Å². The van der Waals surface area contributed by atoms with Gasteiger partial charge in [-0.25, -0.2) is 9.18 Å². The minimum atomic E-state index is -0.729. The Balaban J connectivity index is 1.86. The molecular formula is C16H15FN4O3. The monoisotopic (exact) mass is 330 g/mol. The van der Waals surface area contributed by atoms with Gasteiger partial charge in [0.05, 0.1) is 25.4 Å². The number of morpholine rings is 1. The molecule has 2 heterocycles. The molecule has 1 N–H and O–H groups in total. The number of hydrogen-bond acceptors (Lipinski definition) is 5. The zero-order valence-electron chi connectivity index (χ0n) is 12.8. The number of hydrogen-bond donors (Lipinski definition) is 1. The van der Waals surface area contributed by atoms with Gasteiger partial charge >= 0.3 is 5.69 Å². The summed E-state index contributed by atoms with van der Waals surface area (Å²) in [5, 5.41) is 8.86. The van der Waals surface area contributed by atoms with Crippen LogP contribution in [0.1, 0.15) is 11.1 Å². The number of aromatic amines is 1. The minimum absolute atomic E-state index is 0.0601. The Bertz CT molecular complexity index is 907. The summed E-state index contributed by atoms with van der Waals surface area (Å²) in [6, 6.07) is 6.46. The van der Waals surface area contributed by atoms with Crippen molar-refractivity contribution in [1.82, 2.24) is 9.55 Å². The van der Waals surface area contributed by atoms with E-state index in [-0.39, 0.29) is 17.9 Å². The van der Waals surface area contributed by atoms with E-state index in [0.29, 0.717) is 37.6 Å². The molecule has 1 aromatic heterocycles. The van der Waals surface area contributed by atoms with Crippen LogP contribution in [0, 0.1) is 17.1 Å². The number of halogens is 1. The number of nitriles is 1. The summed E-state index contributed by atoms with van der Waals surface area (Å²) in [6.07, 6.45) is 1.18. The van der Waals surface area contributed by atoms with E-state index in [9.17, 15) is 14.0 Å². The minimum Gasteiger partial charge on any atom is -0.378 e. The molecule has 3 rings (SSSR count). The molecule has 24 heavy (non-hydrogen) atoms. The van der Waals surface area contributed by atoms with Crippen LogP contribution in [0.15, 0.2) is 34.0 Å². The van der Waals surface area contributed by atoms with Gasteiger partial charge in [-0.05, 0) is 17.7 Å². The highest BCUT2D eigenvalue weighted by Crippen LogP contribution is 2.21. The van der Waals surface area contributed by atoms with Crippen LogP contribution in [0.3, 0.4) is 0 Å². The lowest BCUT2D eigenvalue weighted by atomic mass is 10.1. The maximum atomic E-state index is 14.4. The summed E-state index contributed by atoms with van der Waals surface area (Å²) in [4.78, 5) is 27.2. The van der Waals surface area contributed by atoms with Gasteiger partial charge in [-0.3, -0.25) is 14.3 Å². The fourth-order valence-electron chi connectivity index (χ4n) is 2.61. The van der Waals surface area contributed by atoms with Crippen LogP contribution in [0.2, 0.25) is 0 Å². The lowest BCUT2D eigenvalue weighted by Crippen LogP contribution is -2.36. The van der Waals surface area contributed by atoms with Crippen molar-refractivity contribution in [2.24, 2.45) is 0 Å². The Morgan fingerprint density at radius 1 is 1.29 bits per heavy atom. The predicted octanol–water partition coefficient (Wildman–Crippen LogP) is 0.432. The third-order valence-corrected chi connectivity index (χ3v) is 3.85. The lowest BCUT2D eigenvalue weighted by Gasteiger charge is -2.29. The van der Waals surface area contributed by atoms with Gasteiger partial charge in [-0.1, -0.05) is 6.07 Å². The number of rotatable bonds is 3. The Morgan fingerprint density at radius 3 is 2.71 bits per heavy atom. The van der Waals surface area contributed by atoms with Crippen molar-refractivity contribution in [3.05, 3.63) is 62.2 Å². The van der Waals surface area contributed by atoms with Crippen LogP contribution >= 0.6 is 0 Å². The summed E-state index contributed by atoms with van der Waals surface area (Å²) in [5.74, 6) is -0.382. The van der Waals surface area contributed by atoms with E-state index in [1.165, 1.54) is 16.8 Å². The van der Waals surface area contributed by atoms with Crippen LogP contribution in [0.25, 0.3) is 0 Å². The number of ether oxygens (including phenoxy) is 1. The Labute approximate surface area is 136 Å². The average Bonchev–Trinajstić information content (AvgIpc) is 2.58. The van der Waals surface area contributed by atoms with Crippen molar-refractivity contribution in [1.29, 1.82) is 5.26 Å². The second-order valence-electron chi connectivity index (χ2n) is 5.43. The maximum absolute atomic E-state index is 14.4. The number of nitrogens with zero attached hydrogens (tertiary/aromatic N) is 3. The first kappa shape index (κ1) is 16.0. The molecule has 0 aliphatic carbocycles. The normalized spacial score (nSPS) is 14.4. The quantitative estimate of drug-likeness (QED) is 0.881. The first-order chi connectivity index (χ1) is 11.6. The number of aromatic nitrogens is 2. The van der Waals surface area contributed by atoms with Crippen molar-refractivity contribution in [2.45, 2.75) is 6.54 Å². The van der Waals surface area contributed by atoms with Crippen molar-refractivity contribution in [2.75, 3.05) is 31.2 Å². The molecule has 1 saturated heterocycles. The molecule has 1 aliphatic heterocycles. The molecule has 0 unspecified atom stereocenters. The van der Waals surface area contributed by atoms with Gasteiger partial charge in [-0.15, -0.1) is 0 Å². The van der Waals surface area contributed by atoms with E-state index in [2.05, 4.69) is 4.98 Å². The van der Waals surface area contributed by atoms with Gasteiger partial charge in [0.15, 0.2) is 0 Å². The van der Waals surface area contributed by atoms with Crippen molar-refractivity contribution < 1.29 is 9.13 Å². The molecule has 0 amide bonds. The standard InChI is InChI=1S/C16H15FN4O3/c17-13-7-11(1-2-14(13)20-3-5-24-6-4-20)9-21-10-12(8-18)15(22)19-16(21)23/h1-2,7,10H,3-6,9H2,(H,19,22,23). The van der Waals surface area contributed by atoms with Gasteiger partial charge in [0, 0.05) is 19.3 Å². The number of anilines is 1. The molecule has 1 aromatic carbocycles. The largest absolute Gasteiger partial charge is 0.378 e. The second kappa shape index (κ2) is 6.68. The SMILES string of the molecule is N#Cc1cn(Cc2ccc(N3CCOCC3)c(F)c2)c(=O)[nH]c1=O. The molecule has 124 valence electrons. The predicted molar refractivity (Wildman–Crippen MR) is 84.6 cm³/mol. The summed E-state index contributed by atoms with van der Waals surface area (Å²) in [7, 11) is 0. The number of H-pyrrole nitrogens is 1. The summed E-state index contributed by atoms with van der Waals surface area (Å²) in [6.45, 7) is 2.43. The van der Waals surface area contributed by atoms with Crippen LogP contribution in [-0.4, -0.2) is 35.9 Å². The Morgan fingerprint density at radius 2 is 2.04 bits per heavy atom. The zero-order valence-corrected chi connectivity index (χ0v) is 12.8. The molecule has 0 radical (unpaired) electrons. The third-order valence-electron chi connectivity index (χ3n) is 3.85. The number of benzene rings is 1. The molecule has 0 atom stereocenters. The van der Waals surface area contributed by atoms with Crippen molar-refractivity contribution in [3.8, 4) is 6.07 Å². The van der Waals surface area contributed by atoms with Gasteiger partial charge < -0.3 is 9.64 Å². The van der Waals surface area contributed by atoms with Crippen molar-refractivity contribution >= 4 is 5.69 Å². The first-order valence-electron chi connectivity index (χ1n) is 7.43. The van der Waals surface area contributed by atoms with Crippen LogP contribution in [-0.2, 0) is 11.3 Å². The number of nitrogens with one attached hydrogen (secondary N) is 1. The van der Waals surface area contributed by atoms with E-state index >= 15 is 0 Å². The molecular weight excluding hydrogens is 315 g/mol. The van der Waals surface area contributed by atoms with Crippen LogP contribution < -0.4 is 16.1 Å². The lowest BCUT2D eigenvalue weighted by molar-refractivity contribution is 0.122. The fourth-order valence-corrected chi connectivity index (χ4v) is 2.61. The van der Waals surface area contributed by atoms with Gasteiger partial charge in [-0.2, -0.15) is 5.26 Å².